The molecule has 1 saturated heterocycles. The molecule has 110 valence electrons. The summed E-state index contributed by atoms with van der Waals surface area (Å²) in [5.74, 6) is -0.306. The largest absolute Gasteiger partial charge is 0.370 e. The highest BCUT2D eigenvalue weighted by Gasteiger charge is 2.28. The normalized spacial score (nSPS) is 20.8. The molecule has 2 unspecified atom stereocenters. The molecule has 20 heavy (non-hydrogen) atoms. The van der Waals surface area contributed by atoms with Crippen molar-refractivity contribution in [3.8, 4) is 0 Å². The highest BCUT2D eigenvalue weighted by atomic mass is 19.1. The predicted molar refractivity (Wildman–Crippen MR) is 74.5 cm³/mol. The van der Waals surface area contributed by atoms with E-state index in [9.17, 15) is 9.18 Å². The Morgan fingerprint density at radius 2 is 2.20 bits per heavy atom. The van der Waals surface area contributed by atoms with Gasteiger partial charge in [-0.15, -0.1) is 0 Å². The Labute approximate surface area is 118 Å². The maximum Gasteiger partial charge on any atom is 0.227 e. The van der Waals surface area contributed by atoms with Crippen LogP contribution in [0.1, 0.15) is 25.0 Å². The van der Waals surface area contributed by atoms with Crippen LogP contribution in [-0.2, 0) is 9.53 Å². The van der Waals surface area contributed by atoms with E-state index >= 15 is 0 Å². The highest BCUT2D eigenvalue weighted by Crippen LogP contribution is 2.23. The van der Waals surface area contributed by atoms with Crippen LogP contribution >= 0.6 is 0 Å². The topological polar surface area (TPSA) is 55.6 Å². The lowest BCUT2D eigenvalue weighted by atomic mass is 10.0. The van der Waals surface area contributed by atoms with Gasteiger partial charge in [0.15, 0.2) is 0 Å². The summed E-state index contributed by atoms with van der Waals surface area (Å²) in [6.45, 7) is 3.92. The molecule has 1 aromatic carbocycles. The molecule has 1 amide bonds. The number of benzene rings is 1. The smallest absolute Gasteiger partial charge is 0.227 e. The molecule has 0 aliphatic carbocycles. The molecule has 1 aromatic rings. The van der Waals surface area contributed by atoms with Crippen LogP contribution in [0.2, 0.25) is 0 Å². The molecule has 1 fully saturated rings. The summed E-state index contributed by atoms with van der Waals surface area (Å²) in [6.07, 6.45) is 0.553. The maximum absolute atomic E-state index is 12.9. The third-order valence-electron chi connectivity index (χ3n) is 3.75. The first kappa shape index (κ1) is 14.9. The Morgan fingerprint density at radius 1 is 1.50 bits per heavy atom. The molecule has 5 heteroatoms. The van der Waals surface area contributed by atoms with E-state index in [1.165, 1.54) is 12.1 Å². The van der Waals surface area contributed by atoms with E-state index in [0.717, 1.165) is 12.0 Å². The summed E-state index contributed by atoms with van der Waals surface area (Å²) >= 11 is 0. The average Bonchev–Trinajstić information content (AvgIpc) is 2.49. The molecule has 0 bridgehead atoms. The second-order valence-electron chi connectivity index (χ2n) is 5.04. The Hall–Kier alpha value is -1.46. The van der Waals surface area contributed by atoms with Crippen LogP contribution in [0.4, 0.5) is 4.39 Å². The van der Waals surface area contributed by atoms with Crippen molar-refractivity contribution >= 4 is 5.91 Å². The second-order valence-corrected chi connectivity index (χ2v) is 5.04. The Kier molecular flexibility index (Phi) is 5.09. The lowest BCUT2D eigenvalue weighted by molar-refractivity contribution is -0.143. The van der Waals surface area contributed by atoms with Gasteiger partial charge >= 0.3 is 0 Å². The lowest BCUT2D eigenvalue weighted by Crippen LogP contribution is -2.46. The molecule has 1 aliphatic heterocycles. The first-order valence-electron chi connectivity index (χ1n) is 7.01. The van der Waals surface area contributed by atoms with Crippen molar-refractivity contribution in [2.45, 2.75) is 19.4 Å². The number of ether oxygens (including phenoxy) is 1. The summed E-state index contributed by atoms with van der Waals surface area (Å²) in [6, 6.07) is 6.23. The standard InChI is InChI=1S/C15H21FN2O2/c1-2-11(9-17)15(19)18-7-8-20-14(10-18)12-3-5-13(16)6-4-12/h3-6,11,14H,2,7-10,17H2,1H3. The third-order valence-corrected chi connectivity index (χ3v) is 3.75. The Balaban J connectivity index is 2.04. The van der Waals surface area contributed by atoms with Gasteiger partial charge in [-0.2, -0.15) is 0 Å². The number of amides is 1. The number of carbonyl (C=O) groups is 1. The van der Waals surface area contributed by atoms with Crippen molar-refractivity contribution in [3.63, 3.8) is 0 Å². The molecule has 0 saturated carbocycles. The molecule has 1 heterocycles. The number of nitrogens with two attached hydrogens (primary N) is 1. The van der Waals surface area contributed by atoms with Crippen LogP contribution in [0.3, 0.4) is 0 Å². The molecule has 0 aromatic heterocycles. The minimum atomic E-state index is -0.272. The van der Waals surface area contributed by atoms with Gasteiger partial charge in [-0.05, 0) is 24.1 Å². The van der Waals surface area contributed by atoms with Crippen LogP contribution in [0.5, 0.6) is 0 Å². The fraction of sp³-hybridized carbons (Fsp3) is 0.533. The third kappa shape index (κ3) is 3.35. The summed E-state index contributed by atoms with van der Waals surface area (Å²) in [5, 5.41) is 0. The summed E-state index contributed by atoms with van der Waals surface area (Å²) in [7, 11) is 0. The minimum absolute atomic E-state index is 0.0883. The fourth-order valence-electron chi connectivity index (χ4n) is 2.43. The molecule has 1 aliphatic rings. The van der Waals surface area contributed by atoms with Crippen LogP contribution < -0.4 is 5.73 Å². The zero-order chi connectivity index (χ0) is 14.5. The zero-order valence-electron chi connectivity index (χ0n) is 11.7. The van der Waals surface area contributed by atoms with Crippen molar-refractivity contribution in [3.05, 3.63) is 35.6 Å². The average molecular weight is 280 g/mol. The minimum Gasteiger partial charge on any atom is -0.370 e. The van der Waals surface area contributed by atoms with Gasteiger partial charge < -0.3 is 15.4 Å². The van der Waals surface area contributed by atoms with Crippen molar-refractivity contribution in [2.75, 3.05) is 26.2 Å². The number of rotatable bonds is 4. The van der Waals surface area contributed by atoms with Gasteiger partial charge in [0.2, 0.25) is 5.91 Å². The monoisotopic (exact) mass is 280 g/mol. The van der Waals surface area contributed by atoms with Crippen LogP contribution in [0, 0.1) is 11.7 Å². The molecule has 2 rings (SSSR count). The van der Waals surface area contributed by atoms with Crippen molar-refractivity contribution < 1.29 is 13.9 Å². The van der Waals surface area contributed by atoms with E-state index in [1.807, 2.05) is 6.92 Å². The summed E-state index contributed by atoms with van der Waals surface area (Å²) in [5.41, 5.74) is 6.53. The number of carbonyl (C=O) groups excluding carboxylic acids is 1. The molecule has 0 radical (unpaired) electrons. The van der Waals surface area contributed by atoms with E-state index in [2.05, 4.69) is 0 Å². The summed E-state index contributed by atoms with van der Waals surface area (Å²) in [4.78, 5) is 14.1. The highest BCUT2D eigenvalue weighted by molar-refractivity contribution is 5.79. The van der Waals surface area contributed by atoms with E-state index in [4.69, 9.17) is 10.5 Å². The van der Waals surface area contributed by atoms with Crippen molar-refractivity contribution in [1.29, 1.82) is 0 Å². The van der Waals surface area contributed by atoms with E-state index < -0.39 is 0 Å². The number of hydrogen-bond donors (Lipinski definition) is 1. The molecule has 2 atom stereocenters. The summed E-state index contributed by atoms with van der Waals surface area (Å²) < 4.78 is 18.6. The zero-order valence-corrected chi connectivity index (χ0v) is 11.7. The number of nitrogens with zero attached hydrogens (tertiary/aromatic N) is 1. The van der Waals surface area contributed by atoms with Crippen LogP contribution in [0.15, 0.2) is 24.3 Å². The number of halogens is 1. The molecular weight excluding hydrogens is 259 g/mol. The molecule has 4 nitrogen and oxygen atoms in total. The quantitative estimate of drug-likeness (QED) is 0.913. The van der Waals surface area contributed by atoms with Gasteiger partial charge in [0.1, 0.15) is 11.9 Å². The van der Waals surface area contributed by atoms with Gasteiger partial charge in [-0.1, -0.05) is 19.1 Å². The SMILES string of the molecule is CCC(CN)C(=O)N1CCOC(c2ccc(F)cc2)C1. The van der Waals surface area contributed by atoms with Gasteiger partial charge in [-0.25, -0.2) is 4.39 Å². The first-order valence-corrected chi connectivity index (χ1v) is 7.01. The van der Waals surface area contributed by atoms with Crippen LogP contribution in [-0.4, -0.2) is 37.0 Å². The first-order chi connectivity index (χ1) is 9.65. The molecule has 0 spiro atoms. The molecular formula is C15H21FN2O2. The van der Waals surface area contributed by atoms with E-state index in [-0.39, 0.29) is 23.7 Å². The Morgan fingerprint density at radius 3 is 2.80 bits per heavy atom. The number of hydrogen-bond acceptors (Lipinski definition) is 3. The van der Waals surface area contributed by atoms with Crippen LogP contribution in [0.25, 0.3) is 0 Å². The Bertz CT molecular complexity index is 446. The second kappa shape index (κ2) is 6.81. The van der Waals surface area contributed by atoms with Gasteiger partial charge in [-0.3, -0.25) is 4.79 Å². The lowest BCUT2D eigenvalue weighted by Gasteiger charge is -2.35. The number of morpholine rings is 1. The fourth-order valence-corrected chi connectivity index (χ4v) is 2.43. The van der Waals surface area contributed by atoms with Crippen molar-refractivity contribution in [2.24, 2.45) is 11.7 Å². The van der Waals surface area contributed by atoms with Gasteiger partial charge in [0.05, 0.1) is 19.1 Å². The van der Waals surface area contributed by atoms with E-state index in [1.54, 1.807) is 17.0 Å². The van der Waals surface area contributed by atoms with E-state index in [0.29, 0.717) is 26.2 Å². The maximum atomic E-state index is 12.9. The van der Waals surface area contributed by atoms with Crippen molar-refractivity contribution in [1.82, 2.24) is 4.90 Å². The predicted octanol–water partition coefficient (Wildman–Crippen LogP) is 1.71. The van der Waals surface area contributed by atoms with Gasteiger partial charge in [0.25, 0.3) is 0 Å². The molecule has 2 N–H and O–H groups in total. The van der Waals surface area contributed by atoms with Gasteiger partial charge in [0, 0.05) is 13.1 Å².